The van der Waals surface area contributed by atoms with Gasteiger partial charge in [-0.3, -0.25) is 0 Å². The Balaban J connectivity index is 1.46. The van der Waals surface area contributed by atoms with Crippen LogP contribution in [0, 0.1) is 0 Å². The van der Waals surface area contributed by atoms with Crippen molar-refractivity contribution in [2.24, 2.45) is 0 Å². The van der Waals surface area contributed by atoms with Gasteiger partial charge >= 0.3 is 5.97 Å². The molecule has 0 saturated carbocycles. The minimum atomic E-state index is -0.417. The number of esters is 1. The molecule has 0 unspecified atom stereocenters. The van der Waals surface area contributed by atoms with Gasteiger partial charge in [0, 0.05) is 17.4 Å². The fourth-order valence-electron chi connectivity index (χ4n) is 4.04. The van der Waals surface area contributed by atoms with Gasteiger partial charge in [-0.25, -0.2) is 9.78 Å². The summed E-state index contributed by atoms with van der Waals surface area (Å²) in [6, 6.07) is 19.7. The highest BCUT2D eigenvalue weighted by molar-refractivity contribution is 5.94. The number of rotatable bonds is 8. The van der Waals surface area contributed by atoms with Crippen LogP contribution in [0.2, 0.25) is 0 Å². The van der Waals surface area contributed by atoms with Crippen molar-refractivity contribution >= 4 is 27.7 Å². The second kappa shape index (κ2) is 9.43. The Labute approximate surface area is 197 Å². The quantitative estimate of drug-likeness (QED) is 0.240. The second-order valence-electron chi connectivity index (χ2n) is 8.12. The first kappa shape index (κ1) is 21.8. The number of hydrogen-bond acceptors (Lipinski definition) is 6. The third-order valence-electron chi connectivity index (χ3n) is 5.83. The van der Waals surface area contributed by atoms with Crippen molar-refractivity contribution in [2.75, 3.05) is 13.7 Å². The lowest BCUT2D eigenvalue weighted by Crippen LogP contribution is -2.12. The smallest absolute Gasteiger partial charge is 0.343 e. The highest BCUT2D eigenvalue weighted by Crippen LogP contribution is 2.37. The van der Waals surface area contributed by atoms with Crippen LogP contribution in [-0.2, 0) is 16.0 Å². The number of hydrogen-bond donors (Lipinski definition) is 0. The van der Waals surface area contributed by atoms with Crippen LogP contribution >= 0.6 is 0 Å². The maximum absolute atomic E-state index is 11.3. The van der Waals surface area contributed by atoms with Crippen LogP contribution in [0.25, 0.3) is 44.5 Å². The van der Waals surface area contributed by atoms with E-state index in [9.17, 15) is 4.79 Å². The van der Waals surface area contributed by atoms with Gasteiger partial charge in [-0.1, -0.05) is 49.7 Å². The molecule has 5 aromatic rings. The number of unbranched alkanes of at least 4 members (excludes halogenated alkanes) is 1. The van der Waals surface area contributed by atoms with Crippen LogP contribution in [0.1, 0.15) is 25.5 Å². The standard InChI is InChI=1S/C28H25NO5/c1-3-4-8-24-27(22-7-5-6-9-23(22)33-24)28-29-16-25(34-28)20-11-10-19-15-21(13-12-18(19)14-20)32-17-26(30)31-2/h5-7,9-16H,3-4,8,17H2,1-2H3. The molecule has 6 heteroatoms. The summed E-state index contributed by atoms with van der Waals surface area (Å²) in [6.07, 6.45) is 4.72. The van der Waals surface area contributed by atoms with Gasteiger partial charge in [0.15, 0.2) is 12.4 Å². The molecule has 0 atom stereocenters. The number of ether oxygens (including phenoxy) is 2. The molecule has 0 spiro atoms. The summed E-state index contributed by atoms with van der Waals surface area (Å²) < 4.78 is 22.5. The maximum Gasteiger partial charge on any atom is 0.343 e. The van der Waals surface area contributed by atoms with Gasteiger partial charge in [0.1, 0.15) is 17.1 Å². The van der Waals surface area contributed by atoms with E-state index in [2.05, 4.69) is 22.7 Å². The molecule has 0 radical (unpaired) electrons. The summed E-state index contributed by atoms with van der Waals surface area (Å²) in [5.41, 5.74) is 2.71. The Bertz CT molecular complexity index is 1460. The zero-order chi connectivity index (χ0) is 23.5. The first-order chi connectivity index (χ1) is 16.7. The van der Waals surface area contributed by atoms with Crippen LogP contribution in [0.15, 0.2) is 75.7 Å². The number of carbonyl (C=O) groups is 1. The predicted octanol–water partition coefficient (Wildman–Crippen LogP) is 6.80. The highest BCUT2D eigenvalue weighted by Gasteiger charge is 2.20. The van der Waals surface area contributed by atoms with Gasteiger partial charge in [-0.05, 0) is 41.5 Å². The number of oxazole rings is 1. The molecule has 2 heterocycles. The van der Waals surface area contributed by atoms with Crippen LogP contribution in [0.3, 0.4) is 0 Å². The first-order valence-electron chi connectivity index (χ1n) is 11.4. The Kier molecular flexibility index (Phi) is 6.04. The van der Waals surface area contributed by atoms with Crippen molar-refractivity contribution in [2.45, 2.75) is 26.2 Å². The molecular weight excluding hydrogens is 430 g/mol. The number of carbonyl (C=O) groups excluding carboxylic acids is 1. The van der Waals surface area contributed by atoms with E-state index in [0.29, 0.717) is 17.4 Å². The van der Waals surface area contributed by atoms with Crippen molar-refractivity contribution in [3.05, 3.63) is 72.6 Å². The number of nitrogens with zero attached hydrogens (tertiary/aromatic N) is 1. The van der Waals surface area contributed by atoms with E-state index in [1.807, 2.05) is 54.6 Å². The van der Waals surface area contributed by atoms with Crippen molar-refractivity contribution in [3.63, 3.8) is 0 Å². The predicted molar refractivity (Wildman–Crippen MR) is 131 cm³/mol. The van der Waals surface area contributed by atoms with E-state index in [1.54, 1.807) is 6.20 Å². The zero-order valence-corrected chi connectivity index (χ0v) is 19.2. The minimum absolute atomic E-state index is 0.121. The Morgan fingerprint density at radius 3 is 2.68 bits per heavy atom. The van der Waals surface area contributed by atoms with Crippen molar-refractivity contribution in [3.8, 4) is 28.5 Å². The van der Waals surface area contributed by atoms with Crippen molar-refractivity contribution < 1.29 is 23.1 Å². The number of benzene rings is 3. The number of furan rings is 1. The Morgan fingerprint density at radius 2 is 1.82 bits per heavy atom. The molecule has 2 aromatic heterocycles. The van der Waals surface area contributed by atoms with E-state index in [0.717, 1.165) is 57.9 Å². The van der Waals surface area contributed by atoms with Crippen LogP contribution in [0.5, 0.6) is 5.75 Å². The van der Waals surface area contributed by atoms with Crippen LogP contribution in [-0.4, -0.2) is 24.7 Å². The van der Waals surface area contributed by atoms with E-state index in [-0.39, 0.29) is 6.61 Å². The lowest BCUT2D eigenvalue weighted by Gasteiger charge is -2.07. The van der Waals surface area contributed by atoms with E-state index < -0.39 is 5.97 Å². The third kappa shape index (κ3) is 4.27. The lowest BCUT2D eigenvalue weighted by atomic mass is 10.1. The van der Waals surface area contributed by atoms with Crippen LogP contribution in [0.4, 0.5) is 0 Å². The summed E-state index contributed by atoms with van der Waals surface area (Å²) >= 11 is 0. The molecule has 6 nitrogen and oxygen atoms in total. The molecule has 0 aliphatic carbocycles. The van der Waals surface area contributed by atoms with Crippen LogP contribution < -0.4 is 4.74 Å². The maximum atomic E-state index is 11.3. The molecule has 0 aliphatic rings. The van der Waals surface area contributed by atoms with Gasteiger partial charge in [0.2, 0.25) is 5.89 Å². The summed E-state index contributed by atoms with van der Waals surface area (Å²) in [5.74, 6) is 2.36. The molecule has 0 aliphatic heterocycles. The number of aryl methyl sites for hydroxylation is 1. The summed E-state index contributed by atoms with van der Waals surface area (Å²) in [7, 11) is 1.34. The Hall–Kier alpha value is -4.06. The van der Waals surface area contributed by atoms with Crippen molar-refractivity contribution in [1.29, 1.82) is 0 Å². The molecule has 3 aromatic carbocycles. The van der Waals surface area contributed by atoms with Gasteiger partial charge in [-0.2, -0.15) is 0 Å². The molecule has 0 bridgehead atoms. The normalized spacial score (nSPS) is 11.2. The molecule has 0 N–H and O–H groups in total. The van der Waals surface area contributed by atoms with Gasteiger partial charge < -0.3 is 18.3 Å². The molecular formula is C28H25NO5. The SMILES string of the molecule is CCCCc1oc2ccccc2c1-c1ncc(-c2ccc3cc(OCC(=O)OC)ccc3c2)o1. The van der Waals surface area contributed by atoms with Crippen molar-refractivity contribution in [1.82, 2.24) is 4.98 Å². The zero-order valence-electron chi connectivity index (χ0n) is 19.2. The number of para-hydroxylation sites is 1. The summed E-state index contributed by atoms with van der Waals surface area (Å²) in [4.78, 5) is 15.9. The molecule has 0 fully saturated rings. The van der Waals surface area contributed by atoms with E-state index in [4.69, 9.17) is 13.6 Å². The molecule has 34 heavy (non-hydrogen) atoms. The first-order valence-corrected chi connectivity index (χ1v) is 11.4. The molecule has 0 amide bonds. The number of fused-ring (bicyclic) bond motifs is 2. The number of aromatic nitrogens is 1. The average molecular weight is 456 g/mol. The molecule has 172 valence electrons. The monoisotopic (exact) mass is 455 g/mol. The van der Waals surface area contributed by atoms with Gasteiger partial charge in [0.25, 0.3) is 0 Å². The van der Waals surface area contributed by atoms with E-state index in [1.165, 1.54) is 7.11 Å². The third-order valence-corrected chi connectivity index (χ3v) is 5.83. The topological polar surface area (TPSA) is 74.7 Å². The lowest BCUT2D eigenvalue weighted by molar-refractivity contribution is -0.142. The fourth-order valence-corrected chi connectivity index (χ4v) is 4.04. The summed E-state index contributed by atoms with van der Waals surface area (Å²) in [5, 5.41) is 3.03. The largest absolute Gasteiger partial charge is 0.482 e. The average Bonchev–Trinajstić information content (AvgIpc) is 3.50. The highest BCUT2D eigenvalue weighted by atomic mass is 16.6. The Morgan fingerprint density at radius 1 is 1.00 bits per heavy atom. The fraction of sp³-hybridized carbons (Fsp3) is 0.214. The number of methoxy groups -OCH3 is 1. The molecule has 5 rings (SSSR count). The van der Waals surface area contributed by atoms with Gasteiger partial charge in [-0.15, -0.1) is 0 Å². The summed E-state index contributed by atoms with van der Waals surface area (Å²) in [6.45, 7) is 2.05. The van der Waals surface area contributed by atoms with E-state index >= 15 is 0 Å². The molecule has 0 saturated heterocycles. The second-order valence-corrected chi connectivity index (χ2v) is 8.12. The minimum Gasteiger partial charge on any atom is -0.482 e. The van der Waals surface area contributed by atoms with Gasteiger partial charge in [0.05, 0.1) is 18.9 Å².